The molecule has 1 aromatic carbocycles. The fourth-order valence-electron chi connectivity index (χ4n) is 6.60. The molecule has 3 saturated heterocycles. The summed E-state index contributed by atoms with van der Waals surface area (Å²) in [5.41, 5.74) is 0.431. The van der Waals surface area contributed by atoms with E-state index in [1.165, 1.54) is 0 Å². The van der Waals surface area contributed by atoms with Crippen LogP contribution in [0, 0.1) is 23.7 Å². The molecule has 172 valence electrons. The van der Waals surface area contributed by atoms with Crippen molar-refractivity contribution in [1.82, 2.24) is 0 Å². The third-order valence-corrected chi connectivity index (χ3v) is 8.57. The number of rotatable bonds is 6. The quantitative estimate of drug-likeness (QED) is 0.617. The van der Waals surface area contributed by atoms with Gasteiger partial charge >= 0.3 is 0 Å². The van der Waals surface area contributed by atoms with Crippen molar-refractivity contribution in [3.8, 4) is 5.75 Å². The first-order valence-electron chi connectivity index (χ1n) is 11.8. The third-order valence-electron chi connectivity index (χ3n) is 8.57. The fourth-order valence-corrected chi connectivity index (χ4v) is 6.60. The summed E-state index contributed by atoms with van der Waals surface area (Å²) in [6.45, 7) is 9.95. The number of hydrogen-bond acceptors (Lipinski definition) is 6. The van der Waals surface area contributed by atoms with Crippen LogP contribution < -0.4 is 4.74 Å². The van der Waals surface area contributed by atoms with E-state index in [1.54, 1.807) is 7.11 Å². The molecule has 2 aliphatic carbocycles. The maximum absolute atomic E-state index is 6.59. The molecule has 6 nitrogen and oxygen atoms in total. The lowest BCUT2D eigenvalue weighted by Gasteiger charge is -2.43. The van der Waals surface area contributed by atoms with Gasteiger partial charge in [-0.25, -0.2) is 9.78 Å². The SMILES string of the molecule is CCO[C@H]1O[C@@H]2[C@@H]3[C@@H](C)[C@@H](OCc4ccc(OC)cc4)C[C@@H]3[C@]3(C)CC[C@]2(OO3)[C@H]1C. The smallest absolute Gasteiger partial charge is 0.163 e. The molecule has 2 saturated carbocycles. The molecule has 5 aliphatic rings. The Morgan fingerprint density at radius 2 is 1.84 bits per heavy atom. The Bertz CT molecular complexity index is 771. The Labute approximate surface area is 185 Å². The van der Waals surface area contributed by atoms with Crippen LogP contribution in [0.2, 0.25) is 0 Å². The molecule has 1 aromatic rings. The van der Waals surface area contributed by atoms with E-state index in [2.05, 4.69) is 32.9 Å². The van der Waals surface area contributed by atoms with Gasteiger partial charge in [0, 0.05) is 12.5 Å². The van der Waals surface area contributed by atoms with Crippen LogP contribution in [-0.2, 0) is 30.6 Å². The minimum absolute atomic E-state index is 0.0297. The van der Waals surface area contributed by atoms with Crippen molar-refractivity contribution >= 4 is 0 Å². The number of hydrogen-bond donors (Lipinski definition) is 0. The Kier molecular flexibility index (Phi) is 5.58. The van der Waals surface area contributed by atoms with Crippen molar-refractivity contribution in [3.05, 3.63) is 29.8 Å². The summed E-state index contributed by atoms with van der Waals surface area (Å²) in [5.74, 6) is 2.01. The van der Waals surface area contributed by atoms with Gasteiger partial charge in [0.05, 0.1) is 25.9 Å². The summed E-state index contributed by atoms with van der Waals surface area (Å²) in [6.07, 6.45) is 2.79. The molecule has 6 rings (SSSR count). The largest absolute Gasteiger partial charge is 0.497 e. The van der Waals surface area contributed by atoms with Crippen LogP contribution in [0.15, 0.2) is 24.3 Å². The first kappa shape index (κ1) is 21.7. The van der Waals surface area contributed by atoms with Gasteiger partial charge in [0.25, 0.3) is 0 Å². The highest BCUT2D eigenvalue weighted by atomic mass is 17.2. The van der Waals surface area contributed by atoms with Crippen LogP contribution in [0.5, 0.6) is 5.75 Å². The first-order chi connectivity index (χ1) is 14.9. The van der Waals surface area contributed by atoms with Crippen LogP contribution in [0.25, 0.3) is 0 Å². The van der Waals surface area contributed by atoms with Gasteiger partial charge in [-0.2, -0.15) is 0 Å². The Morgan fingerprint density at radius 1 is 1.06 bits per heavy atom. The second kappa shape index (κ2) is 7.99. The summed E-state index contributed by atoms with van der Waals surface area (Å²) in [5, 5.41) is 0. The first-order valence-corrected chi connectivity index (χ1v) is 11.8. The van der Waals surface area contributed by atoms with Crippen LogP contribution >= 0.6 is 0 Å². The van der Waals surface area contributed by atoms with E-state index in [4.69, 9.17) is 28.7 Å². The van der Waals surface area contributed by atoms with Crippen molar-refractivity contribution < 1.29 is 28.7 Å². The highest BCUT2D eigenvalue weighted by molar-refractivity contribution is 5.26. The second-order valence-corrected chi connectivity index (χ2v) is 10.1. The highest BCUT2D eigenvalue weighted by Gasteiger charge is 2.70. The van der Waals surface area contributed by atoms with Gasteiger partial charge in [-0.05, 0) is 68.6 Å². The van der Waals surface area contributed by atoms with Gasteiger partial charge < -0.3 is 18.9 Å². The normalized spacial score (nSPS) is 45.9. The van der Waals surface area contributed by atoms with Gasteiger partial charge in [-0.1, -0.05) is 26.0 Å². The summed E-state index contributed by atoms with van der Waals surface area (Å²) in [7, 11) is 1.69. The minimum atomic E-state index is -0.433. The topological polar surface area (TPSA) is 55.4 Å². The van der Waals surface area contributed by atoms with Crippen molar-refractivity contribution in [3.63, 3.8) is 0 Å². The van der Waals surface area contributed by atoms with Gasteiger partial charge in [0.1, 0.15) is 17.0 Å². The zero-order chi connectivity index (χ0) is 21.8. The van der Waals surface area contributed by atoms with Crippen LogP contribution in [-0.4, -0.2) is 43.4 Å². The van der Waals surface area contributed by atoms with Crippen LogP contribution in [0.1, 0.15) is 52.5 Å². The predicted octanol–water partition coefficient (Wildman–Crippen LogP) is 4.50. The van der Waals surface area contributed by atoms with Gasteiger partial charge in [-0.15, -0.1) is 0 Å². The number of ether oxygens (including phenoxy) is 4. The molecule has 3 aliphatic heterocycles. The molecule has 9 atom stereocenters. The predicted molar refractivity (Wildman–Crippen MR) is 114 cm³/mol. The van der Waals surface area contributed by atoms with Gasteiger partial charge in [-0.3, -0.25) is 0 Å². The molecular weight excluding hydrogens is 396 g/mol. The summed E-state index contributed by atoms with van der Waals surface area (Å²) in [4.78, 5) is 12.4. The lowest BCUT2D eigenvalue weighted by Crippen LogP contribution is -2.51. The molecule has 1 spiro atoms. The summed E-state index contributed by atoms with van der Waals surface area (Å²) >= 11 is 0. The molecule has 0 aromatic heterocycles. The highest BCUT2D eigenvalue weighted by Crippen LogP contribution is 2.62. The molecule has 6 heteroatoms. The molecule has 5 fully saturated rings. The maximum atomic E-state index is 6.59. The molecule has 3 heterocycles. The maximum Gasteiger partial charge on any atom is 0.163 e. The standard InChI is InChI=1S/C25H36O6/c1-6-27-23-16(3)25-12-11-24(4,30-31-25)19-13-20(15(2)21(19)22(25)29-23)28-14-17-7-9-18(26-5)10-8-17/h7-10,15-16,19-23H,6,11-14H2,1-5H3/t15-,16-,19-,20-,21+,22+,23-,24-,25-/m0/s1. The Morgan fingerprint density at radius 3 is 2.48 bits per heavy atom. The lowest BCUT2D eigenvalue weighted by atomic mass is 9.74. The molecular formula is C25H36O6. The van der Waals surface area contributed by atoms with Crippen LogP contribution in [0.3, 0.4) is 0 Å². The van der Waals surface area contributed by atoms with Crippen molar-refractivity contribution in [2.75, 3.05) is 13.7 Å². The molecule has 0 amide bonds. The summed E-state index contributed by atoms with van der Waals surface area (Å²) in [6, 6.07) is 8.11. The fraction of sp³-hybridized carbons (Fsp3) is 0.760. The van der Waals surface area contributed by atoms with Crippen LogP contribution in [0.4, 0.5) is 0 Å². The lowest BCUT2D eigenvalue weighted by molar-refractivity contribution is -0.444. The number of methoxy groups -OCH3 is 1. The second-order valence-electron chi connectivity index (χ2n) is 10.1. The third kappa shape index (κ3) is 3.34. The zero-order valence-electron chi connectivity index (χ0n) is 19.3. The van der Waals surface area contributed by atoms with E-state index < -0.39 is 5.60 Å². The number of benzene rings is 1. The average molecular weight is 433 g/mol. The van der Waals surface area contributed by atoms with Gasteiger partial charge in [0.15, 0.2) is 6.29 Å². The summed E-state index contributed by atoms with van der Waals surface area (Å²) < 4.78 is 24.3. The van der Waals surface area contributed by atoms with Crippen molar-refractivity contribution in [1.29, 1.82) is 0 Å². The van der Waals surface area contributed by atoms with E-state index in [0.717, 1.165) is 30.6 Å². The minimum Gasteiger partial charge on any atom is -0.497 e. The zero-order valence-corrected chi connectivity index (χ0v) is 19.3. The molecule has 31 heavy (non-hydrogen) atoms. The van der Waals surface area contributed by atoms with E-state index in [-0.39, 0.29) is 30.0 Å². The Hall–Kier alpha value is -1.18. The molecule has 0 unspecified atom stereocenters. The molecule has 0 N–H and O–H groups in total. The monoisotopic (exact) mass is 432 g/mol. The molecule has 0 radical (unpaired) electrons. The Balaban J connectivity index is 1.37. The van der Waals surface area contributed by atoms with Crippen molar-refractivity contribution in [2.24, 2.45) is 23.7 Å². The van der Waals surface area contributed by atoms with Crippen molar-refractivity contribution in [2.45, 2.75) is 83.3 Å². The molecule has 2 bridgehead atoms. The average Bonchev–Trinajstić information content (AvgIpc) is 3.18. The van der Waals surface area contributed by atoms with E-state index in [1.807, 2.05) is 19.1 Å². The number of fused-ring (bicyclic) bond motifs is 2. The van der Waals surface area contributed by atoms with Gasteiger partial charge in [0.2, 0.25) is 0 Å². The van der Waals surface area contributed by atoms with E-state index >= 15 is 0 Å². The van der Waals surface area contributed by atoms with E-state index in [9.17, 15) is 0 Å². The van der Waals surface area contributed by atoms with E-state index in [0.29, 0.717) is 31.0 Å².